The third-order valence-corrected chi connectivity index (χ3v) is 3.24. The van der Waals surface area contributed by atoms with Crippen LogP contribution in [0.15, 0.2) is 54.6 Å². The zero-order chi connectivity index (χ0) is 13.7. The van der Waals surface area contributed by atoms with Gasteiger partial charge in [0.25, 0.3) is 0 Å². The highest BCUT2D eigenvalue weighted by atomic mass is 32.1. The van der Waals surface area contributed by atoms with Crippen LogP contribution >= 0.6 is 12.6 Å². The van der Waals surface area contributed by atoms with E-state index in [1.54, 1.807) is 12.1 Å². The summed E-state index contributed by atoms with van der Waals surface area (Å²) in [5.74, 6) is 0.227. The van der Waals surface area contributed by atoms with Gasteiger partial charge in [-0.05, 0) is 29.8 Å². The molecule has 0 amide bonds. The SMILES string of the molecule is OC(CS)C(O)c1ccc(Nc2ccccc2)cc1. The summed E-state index contributed by atoms with van der Waals surface area (Å²) in [7, 11) is 0. The highest BCUT2D eigenvalue weighted by Crippen LogP contribution is 2.22. The van der Waals surface area contributed by atoms with E-state index in [2.05, 4.69) is 17.9 Å². The summed E-state index contributed by atoms with van der Waals surface area (Å²) in [6.45, 7) is 0. The smallest absolute Gasteiger partial charge is 0.106 e. The molecule has 0 aliphatic heterocycles. The average molecular weight is 275 g/mol. The van der Waals surface area contributed by atoms with Crippen LogP contribution in [0.3, 0.4) is 0 Å². The Kier molecular flexibility index (Phi) is 4.85. The second-order valence-electron chi connectivity index (χ2n) is 4.31. The van der Waals surface area contributed by atoms with Crippen LogP contribution < -0.4 is 5.32 Å². The van der Waals surface area contributed by atoms with E-state index in [1.807, 2.05) is 42.5 Å². The zero-order valence-corrected chi connectivity index (χ0v) is 11.3. The second-order valence-corrected chi connectivity index (χ2v) is 4.67. The van der Waals surface area contributed by atoms with Gasteiger partial charge in [-0.3, -0.25) is 0 Å². The van der Waals surface area contributed by atoms with E-state index in [1.165, 1.54) is 0 Å². The van der Waals surface area contributed by atoms with Crippen molar-refractivity contribution in [2.75, 3.05) is 11.1 Å². The van der Waals surface area contributed by atoms with Gasteiger partial charge in [-0.2, -0.15) is 12.6 Å². The molecule has 2 atom stereocenters. The molecular formula is C15H17NO2S. The van der Waals surface area contributed by atoms with E-state index < -0.39 is 12.2 Å². The number of benzene rings is 2. The summed E-state index contributed by atoms with van der Waals surface area (Å²) >= 11 is 3.97. The Morgan fingerprint density at radius 2 is 1.47 bits per heavy atom. The van der Waals surface area contributed by atoms with Crippen LogP contribution in [0.5, 0.6) is 0 Å². The van der Waals surface area contributed by atoms with Crippen LogP contribution in [0, 0.1) is 0 Å². The molecule has 0 aliphatic rings. The number of anilines is 2. The van der Waals surface area contributed by atoms with E-state index in [0.717, 1.165) is 11.4 Å². The molecule has 2 unspecified atom stereocenters. The molecule has 0 radical (unpaired) electrons. The van der Waals surface area contributed by atoms with Crippen molar-refractivity contribution in [2.24, 2.45) is 0 Å². The van der Waals surface area contributed by atoms with E-state index in [9.17, 15) is 10.2 Å². The molecule has 3 nitrogen and oxygen atoms in total. The van der Waals surface area contributed by atoms with Gasteiger partial charge in [-0.15, -0.1) is 0 Å². The fourth-order valence-electron chi connectivity index (χ4n) is 1.77. The minimum atomic E-state index is -0.900. The molecule has 0 spiro atoms. The van der Waals surface area contributed by atoms with Crippen molar-refractivity contribution in [2.45, 2.75) is 12.2 Å². The summed E-state index contributed by atoms with van der Waals surface area (Å²) in [6, 6.07) is 17.2. The lowest BCUT2D eigenvalue weighted by Crippen LogP contribution is -2.19. The van der Waals surface area contributed by atoms with Crippen molar-refractivity contribution in [3.05, 3.63) is 60.2 Å². The van der Waals surface area contributed by atoms with Crippen molar-refractivity contribution in [3.63, 3.8) is 0 Å². The number of hydrogen-bond acceptors (Lipinski definition) is 4. The van der Waals surface area contributed by atoms with Gasteiger partial charge in [0, 0.05) is 17.1 Å². The third kappa shape index (κ3) is 3.73. The zero-order valence-electron chi connectivity index (χ0n) is 10.4. The van der Waals surface area contributed by atoms with E-state index in [-0.39, 0.29) is 5.75 Å². The van der Waals surface area contributed by atoms with Gasteiger partial charge in [0.1, 0.15) is 6.10 Å². The summed E-state index contributed by atoms with van der Waals surface area (Å²) in [5, 5.41) is 22.6. The lowest BCUT2D eigenvalue weighted by Gasteiger charge is -2.16. The molecule has 3 N–H and O–H groups in total. The molecular weight excluding hydrogens is 258 g/mol. The Bertz CT molecular complexity index is 501. The monoisotopic (exact) mass is 275 g/mol. The number of aliphatic hydroxyl groups is 2. The largest absolute Gasteiger partial charge is 0.389 e. The number of aliphatic hydroxyl groups excluding tert-OH is 2. The molecule has 2 aromatic carbocycles. The van der Waals surface area contributed by atoms with Gasteiger partial charge < -0.3 is 15.5 Å². The Balaban J connectivity index is 2.06. The van der Waals surface area contributed by atoms with Crippen molar-refractivity contribution in [1.82, 2.24) is 0 Å². The van der Waals surface area contributed by atoms with Crippen molar-refractivity contribution < 1.29 is 10.2 Å². The van der Waals surface area contributed by atoms with Crippen LogP contribution in [-0.2, 0) is 0 Å². The summed E-state index contributed by atoms with van der Waals surface area (Å²) in [5.41, 5.74) is 2.62. The predicted octanol–water partition coefficient (Wildman–Crippen LogP) is 2.75. The average Bonchev–Trinajstić information content (AvgIpc) is 2.47. The number of para-hydroxylation sites is 1. The molecule has 0 saturated carbocycles. The van der Waals surface area contributed by atoms with E-state index >= 15 is 0 Å². The van der Waals surface area contributed by atoms with E-state index in [4.69, 9.17) is 0 Å². The normalized spacial score (nSPS) is 13.8. The predicted molar refractivity (Wildman–Crippen MR) is 81.0 cm³/mol. The molecule has 4 heteroatoms. The second kappa shape index (κ2) is 6.61. The van der Waals surface area contributed by atoms with Crippen molar-refractivity contribution in [3.8, 4) is 0 Å². The van der Waals surface area contributed by atoms with Gasteiger partial charge in [0.05, 0.1) is 6.10 Å². The lowest BCUT2D eigenvalue weighted by molar-refractivity contribution is 0.0338. The molecule has 19 heavy (non-hydrogen) atoms. The minimum absolute atomic E-state index is 0.227. The Labute approximate surface area is 118 Å². The molecule has 0 saturated heterocycles. The van der Waals surface area contributed by atoms with Gasteiger partial charge in [-0.25, -0.2) is 0 Å². The van der Waals surface area contributed by atoms with Crippen LogP contribution in [0.4, 0.5) is 11.4 Å². The fraction of sp³-hybridized carbons (Fsp3) is 0.200. The highest BCUT2D eigenvalue weighted by molar-refractivity contribution is 7.80. The Morgan fingerprint density at radius 3 is 2.05 bits per heavy atom. The Morgan fingerprint density at radius 1 is 0.895 bits per heavy atom. The lowest BCUT2D eigenvalue weighted by atomic mass is 10.1. The first-order chi connectivity index (χ1) is 9.20. The topological polar surface area (TPSA) is 52.5 Å². The maximum atomic E-state index is 9.85. The maximum absolute atomic E-state index is 9.85. The van der Waals surface area contributed by atoms with Crippen LogP contribution in [0.25, 0.3) is 0 Å². The molecule has 0 bridgehead atoms. The van der Waals surface area contributed by atoms with Crippen LogP contribution in [0.1, 0.15) is 11.7 Å². The Hall–Kier alpha value is -1.49. The fourth-order valence-corrected chi connectivity index (χ4v) is 1.97. The molecule has 0 heterocycles. The third-order valence-electron chi connectivity index (χ3n) is 2.87. The number of thiol groups is 1. The van der Waals surface area contributed by atoms with Gasteiger partial charge in [0.15, 0.2) is 0 Å². The van der Waals surface area contributed by atoms with Crippen LogP contribution in [-0.4, -0.2) is 22.1 Å². The van der Waals surface area contributed by atoms with E-state index in [0.29, 0.717) is 5.56 Å². The van der Waals surface area contributed by atoms with Crippen molar-refractivity contribution in [1.29, 1.82) is 0 Å². The van der Waals surface area contributed by atoms with Gasteiger partial charge in [0.2, 0.25) is 0 Å². The summed E-state index contributed by atoms with van der Waals surface area (Å²) < 4.78 is 0. The number of hydrogen-bond donors (Lipinski definition) is 4. The number of rotatable bonds is 5. The molecule has 0 aromatic heterocycles. The van der Waals surface area contributed by atoms with Gasteiger partial charge >= 0.3 is 0 Å². The first-order valence-electron chi connectivity index (χ1n) is 6.09. The molecule has 100 valence electrons. The molecule has 2 rings (SSSR count). The molecule has 0 aliphatic carbocycles. The van der Waals surface area contributed by atoms with Crippen molar-refractivity contribution >= 4 is 24.0 Å². The quantitative estimate of drug-likeness (QED) is 0.635. The number of nitrogens with one attached hydrogen (secondary N) is 1. The minimum Gasteiger partial charge on any atom is -0.389 e. The molecule has 2 aromatic rings. The summed E-state index contributed by atoms with van der Waals surface area (Å²) in [4.78, 5) is 0. The molecule has 0 fully saturated rings. The first-order valence-corrected chi connectivity index (χ1v) is 6.73. The summed E-state index contributed by atoms with van der Waals surface area (Å²) in [6.07, 6.45) is -1.75. The van der Waals surface area contributed by atoms with Crippen LogP contribution in [0.2, 0.25) is 0 Å². The first kappa shape index (κ1) is 13.9. The maximum Gasteiger partial charge on any atom is 0.106 e. The standard InChI is InChI=1S/C15H17NO2S/c17-14(10-19)15(18)11-6-8-13(9-7-11)16-12-4-2-1-3-5-12/h1-9,14-19H,10H2. The highest BCUT2D eigenvalue weighted by Gasteiger charge is 2.16. The van der Waals surface area contributed by atoms with Gasteiger partial charge in [-0.1, -0.05) is 30.3 Å².